The fourth-order valence-corrected chi connectivity index (χ4v) is 3.64. The molecule has 132 valence electrons. The average Bonchev–Trinajstić information content (AvgIpc) is 3.18. The monoisotopic (exact) mass is 350 g/mol. The molecule has 2 saturated heterocycles. The predicted octanol–water partition coefficient (Wildman–Crippen LogP) is -1.61. The minimum atomic E-state index is -4.52. The van der Waals surface area contributed by atoms with E-state index in [-0.39, 0.29) is 36.1 Å². The predicted molar refractivity (Wildman–Crippen MR) is 77.8 cm³/mol. The molecular formula is C12H22N4O6S. The van der Waals surface area contributed by atoms with Crippen molar-refractivity contribution in [3.63, 3.8) is 0 Å². The molecule has 5 atom stereocenters. The Morgan fingerprint density at radius 2 is 2.17 bits per heavy atom. The lowest BCUT2D eigenvalue weighted by Gasteiger charge is -2.29. The van der Waals surface area contributed by atoms with Crippen molar-refractivity contribution in [2.75, 3.05) is 20.1 Å². The largest absolute Gasteiger partial charge is 0.413 e. The van der Waals surface area contributed by atoms with Crippen molar-refractivity contribution in [1.82, 2.24) is 21.2 Å². The minimum absolute atomic E-state index is 0.0879. The van der Waals surface area contributed by atoms with Gasteiger partial charge in [0, 0.05) is 19.1 Å². The third-order valence-electron chi connectivity index (χ3n) is 4.73. The second-order valence-electron chi connectivity index (χ2n) is 6.35. The second-order valence-corrected chi connectivity index (χ2v) is 7.37. The van der Waals surface area contributed by atoms with Gasteiger partial charge in [-0.2, -0.15) is 18.2 Å². The molecule has 1 aliphatic carbocycles. The quantitative estimate of drug-likeness (QED) is 0.330. The first-order chi connectivity index (χ1) is 10.8. The number of nitrogens with zero attached hydrogens (tertiary/aromatic N) is 1. The van der Waals surface area contributed by atoms with E-state index < -0.39 is 10.4 Å². The SMILES string of the molecule is CN1CCCC1ONC(=O)[C@H]1NC[C@H](NOS(=O)(=O)O)C2CC21. The van der Waals surface area contributed by atoms with Crippen molar-refractivity contribution in [1.29, 1.82) is 0 Å². The van der Waals surface area contributed by atoms with E-state index in [1.54, 1.807) is 0 Å². The highest BCUT2D eigenvalue weighted by Crippen LogP contribution is 2.46. The first kappa shape index (κ1) is 17.0. The summed E-state index contributed by atoms with van der Waals surface area (Å²) in [5.74, 6) is 0.00556. The molecule has 3 unspecified atom stereocenters. The van der Waals surface area contributed by atoms with Crippen LogP contribution in [0.4, 0.5) is 0 Å². The van der Waals surface area contributed by atoms with E-state index in [0.29, 0.717) is 6.54 Å². The van der Waals surface area contributed by atoms with Gasteiger partial charge in [0.1, 0.15) is 6.23 Å². The van der Waals surface area contributed by atoms with E-state index in [4.69, 9.17) is 9.39 Å². The van der Waals surface area contributed by atoms with Crippen LogP contribution in [0.25, 0.3) is 0 Å². The summed E-state index contributed by atoms with van der Waals surface area (Å²) in [5.41, 5.74) is 4.85. The molecule has 3 fully saturated rings. The molecule has 0 aromatic heterocycles. The van der Waals surface area contributed by atoms with Gasteiger partial charge in [-0.3, -0.25) is 19.1 Å². The number of amides is 1. The Morgan fingerprint density at radius 1 is 1.39 bits per heavy atom. The first-order valence-electron chi connectivity index (χ1n) is 7.65. The molecule has 0 aromatic carbocycles. The lowest BCUT2D eigenvalue weighted by atomic mass is 10.0. The number of fused-ring (bicyclic) bond motifs is 1. The number of nitrogens with one attached hydrogen (secondary N) is 3. The highest BCUT2D eigenvalue weighted by atomic mass is 32.3. The summed E-state index contributed by atoms with van der Waals surface area (Å²) in [6.07, 6.45) is 2.63. The smallest absolute Gasteiger partial charge is 0.304 e. The molecule has 23 heavy (non-hydrogen) atoms. The Bertz CT molecular complexity index is 558. The molecule has 11 heteroatoms. The molecule has 0 aromatic rings. The molecule has 3 rings (SSSR count). The maximum absolute atomic E-state index is 12.2. The zero-order chi connectivity index (χ0) is 16.6. The third kappa shape index (κ3) is 4.18. The van der Waals surface area contributed by atoms with Crippen LogP contribution in [0.15, 0.2) is 0 Å². The topological polar surface area (TPSA) is 129 Å². The van der Waals surface area contributed by atoms with E-state index in [0.717, 1.165) is 25.8 Å². The summed E-state index contributed by atoms with van der Waals surface area (Å²) in [6.45, 7) is 1.31. The van der Waals surface area contributed by atoms with E-state index in [2.05, 4.69) is 20.6 Å². The molecule has 4 N–H and O–H groups in total. The van der Waals surface area contributed by atoms with Gasteiger partial charge in [-0.05, 0) is 38.1 Å². The minimum Gasteiger partial charge on any atom is -0.304 e. The number of hydroxylamine groups is 2. The normalized spacial score (nSPS) is 37.4. The molecule has 1 saturated carbocycles. The van der Waals surface area contributed by atoms with Crippen LogP contribution in [-0.4, -0.2) is 62.2 Å². The second kappa shape index (κ2) is 6.59. The summed E-state index contributed by atoms with van der Waals surface area (Å²) in [5, 5.41) is 3.06. The van der Waals surface area contributed by atoms with Crippen LogP contribution in [0.1, 0.15) is 19.3 Å². The highest BCUT2D eigenvalue weighted by molar-refractivity contribution is 7.80. The first-order valence-corrected chi connectivity index (χ1v) is 9.02. The lowest BCUT2D eigenvalue weighted by molar-refractivity contribution is -0.149. The van der Waals surface area contributed by atoms with Gasteiger partial charge in [0.15, 0.2) is 0 Å². The Labute approximate surface area is 134 Å². The Hall–Kier alpha value is -0.820. The van der Waals surface area contributed by atoms with E-state index in [9.17, 15) is 13.2 Å². The van der Waals surface area contributed by atoms with Crippen molar-refractivity contribution in [3.05, 3.63) is 0 Å². The lowest BCUT2D eigenvalue weighted by Crippen LogP contribution is -2.55. The summed E-state index contributed by atoms with van der Waals surface area (Å²) >= 11 is 0. The summed E-state index contributed by atoms with van der Waals surface area (Å²) in [7, 11) is -2.57. The van der Waals surface area contributed by atoms with E-state index >= 15 is 0 Å². The molecule has 0 spiro atoms. The van der Waals surface area contributed by atoms with Crippen molar-refractivity contribution in [3.8, 4) is 0 Å². The maximum Gasteiger partial charge on any atom is 0.413 e. The van der Waals surface area contributed by atoms with Crippen LogP contribution in [0, 0.1) is 11.8 Å². The van der Waals surface area contributed by atoms with Gasteiger partial charge in [0.25, 0.3) is 5.91 Å². The van der Waals surface area contributed by atoms with Crippen molar-refractivity contribution in [2.24, 2.45) is 11.8 Å². The van der Waals surface area contributed by atoms with Gasteiger partial charge in [-0.1, -0.05) is 0 Å². The molecule has 0 radical (unpaired) electrons. The van der Waals surface area contributed by atoms with Gasteiger partial charge in [0.05, 0.1) is 6.04 Å². The van der Waals surface area contributed by atoms with Crippen molar-refractivity contribution in [2.45, 2.75) is 37.6 Å². The zero-order valence-electron chi connectivity index (χ0n) is 12.8. The Balaban J connectivity index is 1.44. The average molecular weight is 350 g/mol. The summed E-state index contributed by atoms with van der Waals surface area (Å²) in [6, 6.07) is -0.636. The molecule has 2 aliphatic heterocycles. The number of carbonyl (C=O) groups is 1. The van der Waals surface area contributed by atoms with Gasteiger partial charge >= 0.3 is 10.4 Å². The molecule has 3 aliphatic rings. The van der Waals surface area contributed by atoms with E-state index in [1.807, 2.05) is 11.9 Å². The number of rotatable bonds is 6. The van der Waals surface area contributed by atoms with Crippen LogP contribution in [0.2, 0.25) is 0 Å². The highest BCUT2D eigenvalue weighted by Gasteiger charge is 2.53. The number of hydrogen-bond donors (Lipinski definition) is 4. The third-order valence-corrected chi connectivity index (χ3v) is 5.04. The number of carbonyl (C=O) groups excluding carboxylic acids is 1. The zero-order valence-corrected chi connectivity index (χ0v) is 13.6. The van der Waals surface area contributed by atoms with Crippen LogP contribution in [0.3, 0.4) is 0 Å². The standard InChI is InChI=1S/C12H22N4O6S/c1-16-4-2-3-10(16)21-15-12(17)11-8-5-7(8)9(6-13-11)14-22-23(18,19)20/h7-11,13-14H,2-6H2,1H3,(H,15,17)(H,18,19,20)/t7?,8?,9-,10?,11-/m0/s1. The van der Waals surface area contributed by atoms with Crippen LogP contribution in [0.5, 0.6) is 0 Å². The van der Waals surface area contributed by atoms with Gasteiger partial charge < -0.3 is 5.32 Å². The van der Waals surface area contributed by atoms with Crippen molar-refractivity contribution >= 4 is 16.3 Å². The fraction of sp³-hybridized carbons (Fsp3) is 0.917. The molecular weight excluding hydrogens is 328 g/mol. The van der Waals surface area contributed by atoms with Crippen LogP contribution in [-0.2, 0) is 24.3 Å². The van der Waals surface area contributed by atoms with Gasteiger partial charge in [-0.25, -0.2) is 5.48 Å². The maximum atomic E-state index is 12.2. The molecule has 0 bridgehead atoms. The van der Waals surface area contributed by atoms with Crippen LogP contribution < -0.4 is 16.3 Å². The number of piperidine rings is 1. The number of hydrogen-bond acceptors (Lipinski definition) is 8. The van der Waals surface area contributed by atoms with Crippen molar-refractivity contribution < 1.29 is 26.9 Å². The molecule has 10 nitrogen and oxygen atoms in total. The Morgan fingerprint density at radius 3 is 2.83 bits per heavy atom. The van der Waals surface area contributed by atoms with Gasteiger partial charge in [0.2, 0.25) is 0 Å². The molecule has 2 heterocycles. The van der Waals surface area contributed by atoms with Crippen LogP contribution >= 0.6 is 0 Å². The Kier molecular flexibility index (Phi) is 4.88. The summed E-state index contributed by atoms with van der Waals surface area (Å²) in [4.78, 5) is 19.7. The van der Waals surface area contributed by atoms with Gasteiger partial charge in [-0.15, -0.1) is 0 Å². The molecule has 1 amide bonds. The fourth-order valence-electron chi connectivity index (χ4n) is 3.40. The summed E-state index contributed by atoms with van der Waals surface area (Å²) < 4.78 is 33.9. The number of likely N-dealkylation sites (tertiary alicyclic amines) is 1. The van der Waals surface area contributed by atoms with E-state index in [1.165, 1.54) is 0 Å².